The lowest BCUT2D eigenvalue weighted by Crippen LogP contribution is -2.46. The van der Waals surface area contributed by atoms with Crippen molar-refractivity contribution < 1.29 is 46.2 Å². The maximum Gasteiger partial charge on any atom is 0.414 e. The fourth-order valence-electron chi connectivity index (χ4n) is 2.01. The Hall–Kier alpha value is -3.36. The van der Waals surface area contributed by atoms with E-state index in [2.05, 4.69) is 14.6 Å². The Morgan fingerprint density at radius 2 is 1.52 bits per heavy atom. The number of hydrazone groups is 1. The van der Waals surface area contributed by atoms with Gasteiger partial charge in [0, 0.05) is 4.90 Å². The van der Waals surface area contributed by atoms with Crippen molar-refractivity contribution >= 4 is 47.2 Å². The van der Waals surface area contributed by atoms with Gasteiger partial charge in [0.15, 0.2) is 0 Å². The summed E-state index contributed by atoms with van der Waals surface area (Å²) in [7, 11) is 0. The average molecular weight is 496 g/mol. The largest absolute Gasteiger partial charge is 0.450 e. The Kier molecular flexibility index (Phi) is 10.6. The smallest absolute Gasteiger partial charge is 0.414 e. The Morgan fingerprint density at radius 3 is 1.97 bits per heavy atom. The Labute approximate surface area is 189 Å². The lowest BCUT2D eigenvalue weighted by Gasteiger charge is -2.12. The molecule has 15 heteroatoms. The second kappa shape index (κ2) is 12.6. The second-order valence-corrected chi connectivity index (χ2v) is 6.94. The fraction of sp³-hybridized carbons (Fsp3) is 0.389. The molecule has 0 saturated heterocycles. The Balaban J connectivity index is 3.20. The molecule has 0 unspecified atom stereocenters. The first kappa shape index (κ1) is 27.7. The van der Waals surface area contributed by atoms with Crippen molar-refractivity contribution in [3.63, 3.8) is 0 Å². The normalized spacial score (nSPS) is 10.6. The van der Waals surface area contributed by atoms with Crippen LogP contribution in [-0.2, 0) is 19.1 Å². The van der Waals surface area contributed by atoms with E-state index >= 15 is 0 Å². The highest BCUT2D eigenvalue weighted by Crippen LogP contribution is 2.32. The summed E-state index contributed by atoms with van der Waals surface area (Å²) in [5.74, 6) is -5.02. The van der Waals surface area contributed by atoms with Gasteiger partial charge in [-0.05, 0) is 38.5 Å². The van der Waals surface area contributed by atoms with E-state index in [1.54, 1.807) is 10.6 Å². The third-order valence-corrected chi connectivity index (χ3v) is 4.58. The molecule has 0 saturated carbocycles. The van der Waals surface area contributed by atoms with Gasteiger partial charge in [-0.25, -0.2) is 14.0 Å². The zero-order valence-electron chi connectivity index (χ0n) is 17.6. The Morgan fingerprint density at radius 1 is 1.00 bits per heavy atom. The second-order valence-electron chi connectivity index (χ2n) is 5.92. The zero-order chi connectivity index (χ0) is 25.2. The van der Waals surface area contributed by atoms with Gasteiger partial charge in [0.2, 0.25) is 5.71 Å². The molecule has 4 amide bonds. The van der Waals surface area contributed by atoms with Crippen molar-refractivity contribution in [3.8, 4) is 0 Å². The van der Waals surface area contributed by atoms with Crippen molar-refractivity contribution in [2.45, 2.75) is 31.8 Å². The number of aryl methyl sites for hydroxylation is 1. The molecular formula is C18H20F4N4O6S. The van der Waals surface area contributed by atoms with Crippen LogP contribution in [0.15, 0.2) is 22.1 Å². The van der Waals surface area contributed by atoms with E-state index < -0.39 is 53.1 Å². The molecule has 0 radical (unpaired) electrons. The number of hydrogen-bond donors (Lipinski definition) is 3. The van der Waals surface area contributed by atoms with Crippen molar-refractivity contribution in [2.75, 3.05) is 24.4 Å². The van der Waals surface area contributed by atoms with Gasteiger partial charge in [-0.3, -0.25) is 25.6 Å². The molecular weight excluding hydrogens is 476 g/mol. The maximum atomic E-state index is 14.3. The highest BCUT2D eigenvalue weighted by molar-refractivity contribution is 7.99. The number of alkyl carbamates (subject to hydrolysis) is 2. The number of carbonyl (C=O) groups excluding carboxylic acids is 4. The molecule has 0 heterocycles. The quantitative estimate of drug-likeness (QED) is 0.164. The van der Waals surface area contributed by atoms with Crippen LogP contribution in [0.3, 0.4) is 0 Å². The average Bonchev–Trinajstić information content (AvgIpc) is 2.68. The number of nitrogens with one attached hydrogen (secondary N) is 3. The predicted molar refractivity (Wildman–Crippen MR) is 109 cm³/mol. The molecule has 33 heavy (non-hydrogen) atoms. The molecule has 182 valence electrons. The minimum atomic E-state index is -4.47. The maximum absolute atomic E-state index is 14.3. The molecule has 0 aliphatic heterocycles. The van der Waals surface area contributed by atoms with Crippen LogP contribution >= 0.6 is 11.8 Å². The summed E-state index contributed by atoms with van der Waals surface area (Å²) in [4.78, 5) is 47.4. The summed E-state index contributed by atoms with van der Waals surface area (Å²) < 4.78 is 60.8. The summed E-state index contributed by atoms with van der Waals surface area (Å²) in [6.45, 7) is 4.07. The van der Waals surface area contributed by atoms with Crippen molar-refractivity contribution in [2.24, 2.45) is 5.10 Å². The van der Waals surface area contributed by atoms with Gasteiger partial charge in [0.25, 0.3) is 11.8 Å². The van der Waals surface area contributed by atoms with Crippen LogP contribution in [0.5, 0.6) is 0 Å². The first-order valence-corrected chi connectivity index (χ1v) is 10.2. The fourth-order valence-corrected chi connectivity index (χ4v) is 2.82. The predicted octanol–water partition coefficient (Wildman–Crippen LogP) is 3.10. The van der Waals surface area contributed by atoms with Crippen LogP contribution in [0.1, 0.15) is 19.4 Å². The molecule has 0 fully saturated rings. The van der Waals surface area contributed by atoms with Gasteiger partial charge < -0.3 is 9.47 Å². The number of rotatable bonds is 8. The van der Waals surface area contributed by atoms with Gasteiger partial charge in [-0.15, -0.1) is 11.8 Å². The standard InChI is InChI=1S/C18H20F4N4O6S/c1-4-31-16(29)23-14(27)13(15(28)24-17(30)32-5-2)26-25-11-7-12(9(3)6-10(11)19)33-8-18(20,21)22/h6-7,25H,4-5,8H2,1-3H3,(H,23,27,29)(H,24,28,30). The number of imide groups is 2. The molecule has 0 aliphatic rings. The number of benzene rings is 1. The molecule has 0 spiro atoms. The van der Waals surface area contributed by atoms with Gasteiger partial charge in [0.1, 0.15) is 5.82 Å². The molecule has 10 nitrogen and oxygen atoms in total. The van der Waals surface area contributed by atoms with Crippen LogP contribution in [0.2, 0.25) is 0 Å². The highest BCUT2D eigenvalue weighted by Gasteiger charge is 2.28. The molecule has 0 aromatic heterocycles. The van der Waals surface area contributed by atoms with E-state index in [-0.39, 0.29) is 23.7 Å². The molecule has 0 aliphatic carbocycles. The van der Waals surface area contributed by atoms with E-state index in [0.717, 1.165) is 12.1 Å². The SMILES string of the molecule is CCOC(=O)NC(=O)C(=NNc1cc(SCC(F)(F)F)c(C)cc1F)C(=O)NC(=O)OCC. The van der Waals surface area contributed by atoms with Crippen LogP contribution in [0.25, 0.3) is 0 Å². The molecule has 0 atom stereocenters. The Bertz CT molecular complexity index is 905. The topological polar surface area (TPSA) is 135 Å². The first-order valence-electron chi connectivity index (χ1n) is 9.17. The summed E-state index contributed by atoms with van der Waals surface area (Å²) in [6, 6.07) is 1.92. The third kappa shape index (κ3) is 9.76. The van der Waals surface area contributed by atoms with E-state index in [9.17, 15) is 36.7 Å². The van der Waals surface area contributed by atoms with Gasteiger partial charge in [0.05, 0.1) is 24.7 Å². The number of anilines is 1. The van der Waals surface area contributed by atoms with Crippen LogP contribution in [0, 0.1) is 12.7 Å². The van der Waals surface area contributed by atoms with Crippen LogP contribution in [0.4, 0.5) is 32.8 Å². The first-order chi connectivity index (χ1) is 15.4. The number of carbonyl (C=O) groups is 4. The summed E-state index contributed by atoms with van der Waals surface area (Å²) in [5.41, 5.74) is 0.675. The number of nitrogens with zero attached hydrogens (tertiary/aromatic N) is 1. The van der Waals surface area contributed by atoms with E-state index in [0.29, 0.717) is 11.8 Å². The number of ether oxygens (including phenoxy) is 2. The number of alkyl halides is 3. The number of halogens is 4. The van der Waals surface area contributed by atoms with E-state index in [1.165, 1.54) is 20.8 Å². The van der Waals surface area contributed by atoms with E-state index in [4.69, 9.17) is 0 Å². The summed E-state index contributed by atoms with van der Waals surface area (Å²) in [5, 5.41) is 6.75. The number of hydrogen-bond acceptors (Lipinski definition) is 9. The molecule has 1 rings (SSSR count). The number of amides is 4. The number of thioether (sulfide) groups is 1. The minimum absolute atomic E-state index is 0.0555. The molecule has 0 bridgehead atoms. The molecule has 3 N–H and O–H groups in total. The zero-order valence-corrected chi connectivity index (χ0v) is 18.4. The van der Waals surface area contributed by atoms with Crippen molar-refractivity contribution in [1.29, 1.82) is 0 Å². The van der Waals surface area contributed by atoms with Crippen molar-refractivity contribution in [3.05, 3.63) is 23.5 Å². The highest BCUT2D eigenvalue weighted by atomic mass is 32.2. The molecule has 1 aromatic rings. The lowest BCUT2D eigenvalue weighted by atomic mass is 10.2. The minimum Gasteiger partial charge on any atom is -0.450 e. The van der Waals surface area contributed by atoms with Crippen LogP contribution < -0.4 is 16.1 Å². The summed E-state index contributed by atoms with van der Waals surface area (Å²) >= 11 is 0.390. The van der Waals surface area contributed by atoms with E-state index in [1.807, 2.05) is 5.43 Å². The van der Waals surface area contributed by atoms with Crippen LogP contribution in [-0.4, -0.2) is 54.9 Å². The van der Waals surface area contributed by atoms with Gasteiger partial charge >= 0.3 is 18.4 Å². The van der Waals surface area contributed by atoms with Gasteiger partial charge in [-0.2, -0.15) is 18.3 Å². The monoisotopic (exact) mass is 496 g/mol. The van der Waals surface area contributed by atoms with Gasteiger partial charge in [-0.1, -0.05) is 0 Å². The molecule has 1 aromatic carbocycles. The lowest BCUT2D eigenvalue weighted by molar-refractivity contribution is -0.118. The third-order valence-electron chi connectivity index (χ3n) is 3.36. The summed E-state index contributed by atoms with van der Waals surface area (Å²) in [6.07, 6.45) is -6.93. The van der Waals surface area contributed by atoms with Crippen molar-refractivity contribution in [1.82, 2.24) is 10.6 Å².